The summed E-state index contributed by atoms with van der Waals surface area (Å²) in [6, 6.07) is 3.03. The van der Waals surface area contributed by atoms with Crippen LogP contribution in [0.5, 0.6) is 0 Å². The van der Waals surface area contributed by atoms with Crippen LogP contribution in [0, 0.1) is 0 Å². The second-order valence-corrected chi connectivity index (χ2v) is 6.50. The third-order valence-corrected chi connectivity index (χ3v) is 4.38. The average Bonchev–Trinajstić information content (AvgIpc) is 2.46. The number of thioether (sulfide) groups is 1. The predicted octanol–water partition coefficient (Wildman–Crippen LogP) is 5.28. The summed E-state index contributed by atoms with van der Waals surface area (Å²) in [5.41, 5.74) is -1.03. The van der Waals surface area contributed by atoms with Crippen molar-refractivity contribution in [2.45, 2.75) is 31.2 Å². The van der Waals surface area contributed by atoms with Crippen molar-refractivity contribution < 1.29 is 21.8 Å². The van der Waals surface area contributed by atoms with Gasteiger partial charge in [0.2, 0.25) is 0 Å². The van der Waals surface area contributed by atoms with E-state index in [1.54, 1.807) is 13.2 Å². The number of fused-ring (bicyclic) bond motifs is 1. The third kappa shape index (κ3) is 4.05. The maximum Gasteiger partial charge on any atom is 0.416 e. The van der Waals surface area contributed by atoms with Gasteiger partial charge in [-0.2, -0.15) is 13.2 Å². The lowest BCUT2D eigenvalue weighted by molar-refractivity contribution is -0.137. The van der Waals surface area contributed by atoms with E-state index in [1.807, 2.05) is 6.92 Å². The molecule has 0 bridgehead atoms. The van der Waals surface area contributed by atoms with E-state index >= 15 is 0 Å². The molecule has 1 unspecified atom stereocenters. The minimum absolute atomic E-state index is 0.0909. The van der Waals surface area contributed by atoms with Crippen LogP contribution in [0.4, 0.5) is 13.2 Å². The molecule has 0 radical (unpaired) electrons. The van der Waals surface area contributed by atoms with Crippen LogP contribution in [0.1, 0.15) is 31.1 Å². The van der Waals surface area contributed by atoms with Gasteiger partial charge in [0.05, 0.1) is 17.1 Å². The lowest BCUT2D eigenvalue weighted by Crippen LogP contribution is -2.11. The quantitative estimate of drug-likeness (QED) is 0.533. The second-order valence-electron chi connectivity index (χ2n) is 4.71. The molecular formula is C15H15F3O3S2. The van der Waals surface area contributed by atoms with Crippen LogP contribution in [0.3, 0.4) is 0 Å². The molecule has 0 N–H and O–H groups in total. The molecule has 126 valence electrons. The summed E-state index contributed by atoms with van der Waals surface area (Å²) < 4.78 is 50.3. The van der Waals surface area contributed by atoms with Crippen molar-refractivity contribution >= 4 is 34.8 Å². The van der Waals surface area contributed by atoms with E-state index in [0.717, 1.165) is 24.2 Å². The van der Waals surface area contributed by atoms with Crippen LogP contribution >= 0.6 is 23.8 Å². The molecule has 3 nitrogen and oxygen atoms in total. The smallest absolute Gasteiger partial charge is 0.416 e. The summed E-state index contributed by atoms with van der Waals surface area (Å²) in [6.07, 6.45) is -3.54. The Morgan fingerprint density at radius 2 is 2.00 bits per heavy atom. The Kier molecular flexibility index (Phi) is 5.70. The summed E-state index contributed by atoms with van der Waals surface area (Å²) in [5, 5.41) is 0.286. The van der Waals surface area contributed by atoms with Crippen LogP contribution in [0.2, 0.25) is 0 Å². The summed E-state index contributed by atoms with van der Waals surface area (Å²) in [4.78, 5) is 12.2. The second kappa shape index (κ2) is 7.19. The summed E-state index contributed by atoms with van der Waals surface area (Å²) in [6.45, 7) is 3.51. The van der Waals surface area contributed by atoms with Gasteiger partial charge in [-0.1, -0.05) is 18.7 Å². The molecule has 1 atom stereocenters. The van der Waals surface area contributed by atoms with Crippen molar-refractivity contribution in [3.63, 3.8) is 0 Å². The Balaban J connectivity index is 2.78. The van der Waals surface area contributed by atoms with Gasteiger partial charge in [0.15, 0.2) is 10.5 Å². The molecule has 0 fully saturated rings. The van der Waals surface area contributed by atoms with Crippen LogP contribution in [-0.4, -0.2) is 12.0 Å². The third-order valence-electron chi connectivity index (χ3n) is 3.13. The first-order valence-electron chi connectivity index (χ1n) is 6.79. The Morgan fingerprint density at radius 1 is 1.30 bits per heavy atom. The first kappa shape index (κ1) is 18.2. The van der Waals surface area contributed by atoms with Crippen molar-refractivity contribution in [2.75, 3.05) is 12.0 Å². The van der Waals surface area contributed by atoms with Crippen molar-refractivity contribution in [1.29, 1.82) is 0 Å². The lowest BCUT2D eigenvalue weighted by Gasteiger charge is -2.16. The summed E-state index contributed by atoms with van der Waals surface area (Å²) in [5.74, 6) is 0.682. The van der Waals surface area contributed by atoms with Gasteiger partial charge in [-0.15, -0.1) is 0 Å². The van der Waals surface area contributed by atoms with E-state index < -0.39 is 23.3 Å². The molecule has 0 aliphatic carbocycles. The highest BCUT2D eigenvalue weighted by Crippen LogP contribution is 2.37. The fourth-order valence-electron chi connectivity index (χ4n) is 2.14. The van der Waals surface area contributed by atoms with E-state index in [1.165, 1.54) is 17.8 Å². The molecule has 0 spiro atoms. The lowest BCUT2D eigenvalue weighted by atomic mass is 10.0. The van der Waals surface area contributed by atoms with Crippen LogP contribution < -0.4 is 5.43 Å². The molecule has 0 amide bonds. The van der Waals surface area contributed by atoms with E-state index in [9.17, 15) is 18.0 Å². The van der Waals surface area contributed by atoms with Crippen LogP contribution in [-0.2, 0) is 10.4 Å². The molecular weight excluding hydrogens is 349 g/mol. The largest absolute Gasteiger partial charge is 0.449 e. The minimum atomic E-state index is -4.55. The molecule has 2 rings (SSSR count). The van der Waals surface area contributed by atoms with E-state index in [2.05, 4.69) is 0 Å². The number of rotatable bonds is 5. The molecule has 0 aliphatic heterocycles. The van der Waals surface area contributed by atoms with E-state index in [4.69, 9.17) is 8.60 Å². The molecule has 2 aromatic rings. The average molecular weight is 364 g/mol. The highest BCUT2D eigenvalue weighted by molar-refractivity contribution is 7.99. The van der Waals surface area contributed by atoms with Crippen LogP contribution in [0.15, 0.2) is 32.5 Å². The number of alkyl halides is 3. The summed E-state index contributed by atoms with van der Waals surface area (Å²) in [7, 11) is 0. The van der Waals surface area contributed by atoms with Crippen molar-refractivity contribution in [3.05, 3.63) is 39.5 Å². The zero-order valence-electron chi connectivity index (χ0n) is 12.7. The van der Waals surface area contributed by atoms with Gasteiger partial charge in [0.25, 0.3) is 0 Å². The van der Waals surface area contributed by atoms with E-state index in [0.29, 0.717) is 10.8 Å². The van der Waals surface area contributed by atoms with Gasteiger partial charge in [0, 0.05) is 17.9 Å². The first-order chi connectivity index (χ1) is 10.8. The standard InChI is InChI=1S/C15H15F3O3S2/c1-4-23-13-7-12(19)11-6-9(15(16,17)18)5-10(14(11)20-13)8(2)21-22-3/h5-8H,4H2,1-3H3. The van der Waals surface area contributed by atoms with Crippen LogP contribution in [0.25, 0.3) is 11.0 Å². The van der Waals surface area contributed by atoms with E-state index in [-0.39, 0.29) is 16.5 Å². The minimum Gasteiger partial charge on any atom is -0.449 e. The fourth-order valence-corrected chi connectivity index (χ4v) is 3.15. The number of halogens is 3. The highest BCUT2D eigenvalue weighted by atomic mass is 32.2. The molecule has 8 heteroatoms. The Bertz CT molecular complexity index is 756. The van der Waals surface area contributed by atoms with Crippen molar-refractivity contribution in [3.8, 4) is 0 Å². The number of benzene rings is 1. The van der Waals surface area contributed by atoms with Gasteiger partial charge in [-0.3, -0.25) is 4.79 Å². The maximum absolute atomic E-state index is 13.1. The molecule has 1 heterocycles. The normalized spacial score (nSPS) is 13.5. The highest BCUT2D eigenvalue weighted by Gasteiger charge is 2.33. The molecule has 1 aromatic heterocycles. The first-order valence-corrected chi connectivity index (χ1v) is 8.92. The van der Waals surface area contributed by atoms with Gasteiger partial charge in [-0.25, -0.2) is 0 Å². The monoisotopic (exact) mass is 364 g/mol. The summed E-state index contributed by atoms with van der Waals surface area (Å²) >= 11 is 2.35. The van der Waals surface area contributed by atoms with Gasteiger partial charge in [0.1, 0.15) is 5.58 Å². The molecule has 0 saturated carbocycles. The zero-order valence-corrected chi connectivity index (χ0v) is 14.3. The van der Waals surface area contributed by atoms with Gasteiger partial charge in [-0.05, 0) is 36.9 Å². The molecule has 0 aliphatic rings. The van der Waals surface area contributed by atoms with Gasteiger partial charge >= 0.3 is 6.18 Å². The van der Waals surface area contributed by atoms with Gasteiger partial charge < -0.3 is 8.60 Å². The SMILES string of the molecule is CCSc1cc(=O)c2cc(C(F)(F)F)cc(C(C)OSC)c2o1. The van der Waals surface area contributed by atoms with Crippen molar-refractivity contribution in [1.82, 2.24) is 0 Å². The Morgan fingerprint density at radius 3 is 2.57 bits per heavy atom. The Labute approximate surface area is 139 Å². The zero-order chi connectivity index (χ0) is 17.2. The number of hydrogen-bond acceptors (Lipinski definition) is 5. The molecule has 23 heavy (non-hydrogen) atoms. The maximum atomic E-state index is 13.1. The van der Waals surface area contributed by atoms with Crippen molar-refractivity contribution in [2.24, 2.45) is 0 Å². The fraction of sp³-hybridized carbons (Fsp3) is 0.400. The predicted molar refractivity (Wildman–Crippen MR) is 86.9 cm³/mol. The molecule has 0 saturated heterocycles. The topological polar surface area (TPSA) is 39.4 Å². The number of hydrogen-bond donors (Lipinski definition) is 0. The molecule has 1 aromatic carbocycles. The Hall–Kier alpha value is -1.12.